The summed E-state index contributed by atoms with van der Waals surface area (Å²) in [7, 11) is 0. The molecule has 2 amide bonds. The lowest BCUT2D eigenvalue weighted by Gasteiger charge is -2.16. The second-order valence-electron chi connectivity index (χ2n) is 5.78. The van der Waals surface area contributed by atoms with E-state index in [4.69, 9.17) is 5.11 Å². The van der Waals surface area contributed by atoms with E-state index < -0.39 is 0 Å². The van der Waals surface area contributed by atoms with Crippen molar-refractivity contribution in [3.05, 3.63) is 41.5 Å². The molecule has 0 aliphatic rings. The van der Waals surface area contributed by atoms with Gasteiger partial charge in [0.05, 0.1) is 6.54 Å². The van der Waals surface area contributed by atoms with Crippen molar-refractivity contribution in [2.24, 2.45) is 0 Å². The van der Waals surface area contributed by atoms with Crippen LogP contribution in [0, 0.1) is 13.8 Å². The van der Waals surface area contributed by atoms with E-state index in [0.717, 1.165) is 29.3 Å². The predicted octanol–water partition coefficient (Wildman–Crippen LogP) is 2.23. The standard InChI is InChI=1S/C17H25N5O2/c1-4-15(8-9-23)19-17(24)20-16-7-5-6-14(10-16)11-22-13(3)18-12(2)21-22/h5-7,10,15,23H,4,8-9,11H2,1-3H3,(H2,19,20,24). The van der Waals surface area contributed by atoms with Crippen LogP contribution >= 0.6 is 0 Å². The highest BCUT2D eigenvalue weighted by Crippen LogP contribution is 2.13. The second kappa shape index (κ2) is 8.44. The van der Waals surface area contributed by atoms with E-state index in [1.54, 1.807) is 0 Å². The van der Waals surface area contributed by atoms with Gasteiger partial charge in [0.15, 0.2) is 0 Å². The predicted molar refractivity (Wildman–Crippen MR) is 93.0 cm³/mol. The van der Waals surface area contributed by atoms with Crippen molar-refractivity contribution >= 4 is 11.7 Å². The topological polar surface area (TPSA) is 92.1 Å². The van der Waals surface area contributed by atoms with Crippen LogP contribution in [0.3, 0.4) is 0 Å². The number of urea groups is 1. The minimum atomic E-state index is -0.264. The average molecular weight is 331 g/mol. The van der Waals surface area contributed by atoms with Gasteiger partial charge in [-0.25, -0.2) is 14.5 Å². The first-order valence-corrected chi connectivity index (χ1v) is 8.17. The fourth-order valence-electron chi connectivity index (χ4n) is 2.52. The van der Waals surface area contributed by atoms with Crippen molar-refractivity contribution in [1.29, 1.82) is 0 Å². The summed E-state index contributed by atoms with van der Waals surface area (Å²) in [5.74, 6) is 1.61. The fourth-order valence-corrected chi connectivity index (χ4v) is 2.52. The van der Waals surface area contributed by atoms with Crippen LogP contribution in [0.4, 0.5) is 10.5 Å². The molecule has 1 unspecified atom stereocenters. The van der Waals surface area contributed by atoms with E-state index in [2.05, 4.69) is 20.7 Å². The zero-order chi connectivity index (χ0) is 17.5. The molecule has 0 spiro atoms. The third kappa shape index (κ3) is 5.06. The monoisotopic (exact) mass is 331 g/mol. The van der Waals surface area contributed by atoms with Crippen molar-refractivity contribution in [2.45, 2.75) is 46.2 Å². The second-order valence-corrected chi connectivity index (χ2v) is 5.78. The highest BCUT2D eigenvalue weighted by molar-refractivity contribution is 5.89. The van der Waals surface area contributed by atoms with Gasteiger partial charge in [0.2, 0.25) is 0 Å². The number of anilines is 1. The maximum atomic E-state index is 12.1. The van der Waals surface area contributed by atoms with Gasteiger partial charge in [0.1, 0.15) is 11.6 Å². The molecule has 0 aliphatic heterocycles. The fraction of sp³-hybridized carbons (Fsp3) is 0.471. The van der Waals surface area contributed by atoms with Crippen molar-refractivity contribution in [3.63, 3.8) is 0 Å². The van der Waals surface area contributed by atoms with Crippen LogP contribution in [0.15, 0.2) is 24.3 Å². The lowest BCUT2D eigenvalue weighted by molar-refractivity contribution is 0.237. The summed E-state index contributed by atoms with van der Waals surface area (Å²) in [4.78, 5) is 16.3. The highest BCUT2D eigenvalue weighted by Gasteiger charge is 2.10. The number of nitrogens with zero attached hydrogens (tertiary/aromatic N) is 3. The van der Waals surface area contributed by atoms with Crippen LogP contribution in [-0.4, -0.2) is 38.6 Å². The molecular weight excluding hydrogens is 306 g/mol. The molecule has 1 aromatic heterocycles. The number of aromatic nitrogens is 3. The quantitative estimate of drug-likeness (QED) is 0.725. The van der Waals surface area contributed by atoms with Gasteiger partial charge in [-0.2, -0.15) is 5.10 Å². The van der Waals surface area contributed by atoms with Crippen molar-refractivity contribution < 1.29 is 9.90 Å². The number of aliphatic hydroxyl groups excluding tert-OH is 1. The van der Waals surface area contributed by atoms with Gasteiger partial charge in [-0.05, 0) is 44.4 Å². The van der Waals surface area contributed by atoms with Crippen LogP contribution < -0.4 is 10.6 Å². The zero-order valence-corrected chi connectivity index (χ0v) is 14.4. The highest BCUT2D eigenvalue weighted by atomic mass is 16.3. The normalized spacial score (nSPS) is 12.0. The first kappa shape index (κ1) is 17.9. The third-order valence-corrected chi connectivity index (χ3v) is 3.79. The molecular formula is C17H25N5O2. The molecule has 1 atom stereocenters. The first-order chi connectivity index (χ1) is 11.5. The van der Waals surface area contributed by atoms with E-state index in [0.29, 0.717) is 13.0 Å². The Morgan fingerprint density at radius 3 is 2.79 bits per heavy atom. The molecule has 2 aromatic rings. The summed E-state index contributed by atoms with van der Waals surface area (Å²) in [5, 5.41) is 19.0. The van der Waals surface area contributed by atoms with Crippen LogP contribution in [0.2, 0.25) is 0 Å². The third-order valence-electron chi connectivity index (χ3n) is 3.79. The minimum absolute atomic E-state index is 0.0287. The summed E-state index contributed by atoms with van der Waals surface area (Å²) in [6.45, 7) is 6.42. The maximum Gasteiger partial charge on any atom is 0.319 e. The lowest BCUT2D eigenvalue weighted by atomic mass is 10.1. The Kier molecular flexibility index (Phi) is 6.31. The molecule has 1 aromatic carbocycles. The molecule has 0 bridgehead atoms. The van der Waals surface area contributed by atoms with Crippen LogP contribution in [-0.2, 0) is 6.54 Å². The number of carbonyl (C=O) groups excluding carboxylic acids is 1. The molecule has 7 nitrogen and oxygen atoms in total. The zero-order valence-electron chi connectivity index (χ0n) is 14.4. The Labute approximate surface area is 142 Å². The lowest BCUT2D eigenvalue weighted by Crippen LogP contribution is -2.38. The van der Waals surface area contributed by atoms with E-state index in [9.17, 15) is 4.79 Å². The number of hydrogen-bond acceptors (Lipinski definition) is 4. The van der Waals surface area contributed by atoms with Gasteiger partial charge in [0.25, 0.3) is 0 Å². The van der Waals surface area contributed by atoms with Crippen molar-refractivity contribution in [1.82, 2.24) is 20.1 Å². The summed E-state index contributed by atoms with van der Waals surface area (Å²) >= 11 is 0. The first-order valence-electron chi connectivity index (χ1n) is 8.17. The maximum absolute atomic E-state index is 12.1. The number of carbonyl (C=O) groups is 1. The van der Waals surface area contributed by atoms with Gasteiger partial charge in [-0.15, -0.1) is 0 Å². The van der Waals surface area contributed by atoms with Gasteiger partial charge >= 0.3 is 6.03 Å². The smallest absolute Gasteiger partial charge is 0.319 e. The van der Waals surface area contributed by atoms with Gasteiger partial charge < -0.3 is 15.7 Å². The van der Waals surface area contributed by atoms with Crippen LogP contribution in [0.5, 0.6) is 0 Å². The number of benzene rings is 1. The number of hydrogen-bond donors (Lipinski definition) is 3. The van der Waals surface area contributed by atoms with E-state index >= 15 is 0 Å². The molecule has 2 rings (SSSR count). The molecule has 1 heterocycles. The van der Waals surface area contributed by atoms with E-state index in [1.165, 1.54) is 0 Å². The van der Waals surface area contributed by atoms with Gasteiger partial charge in [-0.3, -0.25) is 0 Å². The number of aryl methyl sites for hydroxylation is 2. The molecule has 24 heavy (non-hydrogen) atoms. The molecule has 130 valence electrons. The van der Waals surface area contributed by atoms with E-state index in [-0.39, 0.29) is 18.7 Å². The molecule has 0 aliphatic carbocycles. The Morgan fingerprint density at radius 1 is 1.38 bits per heavy atom. The molecule has 0 saturated heterocycles. The van der Waals surface area contributed by atoms with Gasteiger partial charge in [-0.1, -0.05) is 19.1 Å². The SMILES string of the molecule is CCC(CCO)NC(=O)Nc1cccc(Cn2nc(C)nc2C)c1. The number of aliphatic hydroxyl groups is 1. The Bertz CT molecular complexity index is 683. The summed E-state index contributed by atoms with van der Waals surface area (Å²) in [6, 6.07) is 7.35. The molecule has 0 radical (unpaired) electrons. The molecule has 7 heteroatoms. The van der Waals surface area contributed by atoms with Crippen molar-refractivity contribution in [2.75, 3.05) is 11.9 Å². The van der Waals surface area contributed by atoms with Crippen LogP contribution in [0.1, 0.15) is 37.0 Å². The van der Waals surface area contributed by atoms with Gasteiger partial charge in [0, 0.05) is 18.3 Å². The molecule has 3 N–H and O–H groups in total. The number of amides is 2. The summed E-state index contributed by atoms with van der Waals surface area (Å²) in [5.41, 5.74) is 1.75. The average Bonchev–Trinajstić information content (AvgIpc) is 2.84. The summed E-state index contributed by atoms with van der Waals surface area (Å²) in [6.07, 6.45) is 1.33. The molecule has 0 saturated carbocycles. The largest absolute Gasteiger partial charge is 0.396 e. The Morgan fingerprint density at radius 2 is 2.17 bits per heavy atom. The van der Waals surface area contributed by atoms with Crippen LogP contribution in [0.25, 0.3) is 0 Å². The Hall–Kier alpha value is -2.41. The Balaban J connectivity index is 1.99. The number of rotatable bonds is 7. The number of nitrogens with one attached hydrogen (secondary N) is 2. The summed E-state index contributed by atoms with van der Waals surface area (Å²) < 4.78 is 1.84. The minimum Gasteiger partial charge on any atom is -0.396 e. The molecule has 0 fully saturated rings. The van der Waals surface area contributed by atoms with E-state index in [1.807, 2.05) is 49.7 Å². The van der Waals surface area contributed by atoms with Crippen molar-refractivity contribution in [3.8, 4) is 0 Å².